The predicted molar refractivity (Wildman–Crippen MR) is 47.6 cm³/mol. The summed E-state index contributed by atoms with van der Waals surface area (Å²) in [5.74, 6) is 0.517. The monoisotopic (exact) mass is 154 g/mol. The first kappa shape index (κ1) is 9.71. The van der Waals surface area contributed by atoms with Crippen LogP contribution in [0.5, 0.6) is 0 Å². The van der Waals surface area contributed by atoms with Gasteiger partial charge in [0.15, 0.2) is 0 Å². The van der Waals surface area contributed by atoms with E-state index < -0.39 is 0 Å². The molecule has 0 unspecified atom stereocenters. The topological polar surface area (TPSA) is 99.9 Å². The summed E-state index contributed by atoms with van der Waals surface area (Å²) in [6, 6.07) is 0. The van der Waals surface area contributed by atoms with E-state index >= 15 is 0 Å². The fraction of sp³-hybridized carbons (Fsp3) is 0.286. The van der Waals surface area contributed by atoms with Gasteiger partial charge in [0.1, 0.15) is 5.82 Å². The van der Waals surface area contributed by atoms with E-state index in [1.165, 1.54) is 0 Å². The Kier molecular flexibility index (Phi) is 2.83. The Balaban J connectivity index is 0.000001000. The highest BCUT2D eigenvalue weighted by atomic mass is 14.8. The molecule has 4 heteroatoms. The number of nitrogens with two attached hydrogens (primary N) is 2. The second kappa shape index (κ2) is 3.21. The van der Waals surface area contributed by atoms with Crippen molar-refractivity contribution in [3.05, 3.63) is 17.3 Å². The van der Waals surface area contributed by atoms with Crippen molar-refractivity contribution in [2.75, 3.05) is 11.5 Å². The van der Waals surface area contributed by atoms with Crippen LogP contribution in [0.1, 0.15) is 11.1 Å². The van der Waals surface area contributed by atoms with Crippen LogP contribution in [0.3, 0.4) is 0 Å². The number of aryl methyl sites for hydroxylation is 1. The van der Waals surface area contributed by atoms with Gasteiger partial charge in [-0.15, -0.1) is 0 Å². The molecule has 0 saturated heterocycles. The molecule has 7 N–H and O–H groups in total. The quantitative estimate of drug-likeness (QED) is 0.519. The molecule has 0 amide bonds. The lowest BCUT2D eigenvalue weighted by Gasteiger charge is -2.04. The third-order valence-corrected chi connectivity index (χ3v) is 1.61. The van der Waals surface area contributed by atoms with Gasteiger partial charge in [-0.2, -0.15) is 0 Å². The van der Waals surface area contributed by atoms with Crippen molar-refractivity contribution >= 4 is 11.5 Å². The van der Waals surface area contributed by atoms with Crippen LogP contribution < -0.4 is 17.6 Å². The second-order valence-corrected chi connectivity index (χ2v) is 2.37. The zero-order valence-electron chi connectivity index (χ0n) is 6.89. The summed E-state index contributed by atoms with van der Waals surface area (Å²) in [7, 11) is 0. The van der Waals surface area contributed by atoms with Crippen LogP contribution in [0, 0.1) is 13.8 Å². The maximum atomic E-state index is 5.66. The van der Waals surface area contributed by atoms with Gasteiger partial charge < -0.3 is 17.6 Å². The van der Waals surface area contributed by atoms with Crippen molar-refractivity contribution in [2.45, 2.75) is 13.8 Å². The highest BCUT2D eigenvalue weighted by Gasteiger charge is 2.00. The molecule has 1 heterocycles. The molecule has 0 aromatic carbocycles. The van der Waals surface area contributed by atoms with Gasteiger partial charge in [0.2, 0.25) is 0 Å². The van der Waals surface area contributed by atoms with E-state index in [0.717, 1.165) is 16.8 Å². The van der Waals surface area contributed by atoms with E-state index in [-0.39, 0.29) is 6.15 Å². The van der Waals surface area contributed by atoms with Crippen LogP contribution in [-0.2, 0) is 0 Å². The lowest BCUT2D eigenvalue weighted by Crippen LogP contribution is -2.00. The van der Waals surface area contributed by atoms with Gasteiger partial charge >= 0.3 is 0 Å². The average molecular weight is 154 g/mol. The summed E-state index contributed by atoms with van der Waals surface area (Å²) in [6.45, 7) is 3.78. The number of rotatable bonds is 0. The molecule has 4 nitrogen and oxygen atoms in total. The molecular formula is C7H14N4. The molecule has 1 rings (SSSR count). The predicted octanol–water partition coefficient (Wildman–Crippen LogP) is 1.02. The molecule has 0 saturated carbocycles. The number of nitrogen functional groups attached to an aromatic ring is 2. The van der Waals surface area contributed by atoms with Crippen LogP contribution in [0.2, 0.25) is 0 Å². The third-order valence-electron chi connectivity index (χ3n) is 1.61. The van der Waals surface area contributed by atoms with E-state index in [0.29, 0.717) is 5.82 Å². The van der Waals surface area contributed by atoms with Crippen molar-refractivity contribution < 1.29 is 0 Å². The minimum Gasteiger partial charge on any atom is -0.398 e. The molecule has 1 aromatic rings. The van der Waals surface area contributed by atoms with Crippen LogP contribution in [0.4, 0.5) is 11.5 Å². The fourth-order valence-electron chi connectivity index (χ4n) is 0.766. The minimum atomic E-state index is 0. The number of aromatic nitrogens is 1. The molecule has 0 spiro atoms. The number of anilines is 2. The Morgan fingerprint density at radius 2 is 1.82 bits per heavy atom. The molecule has 62 valence electrons. The van der Waals surface area contributed by atoms with Gasteiger partial charge in [-0.05, 0) is 19.4 Å². The van der Waals surface area contributed by atoms with Gasteiger partial charge in [-0.1, -0.05) is 0 Å². The van der Waals surface area contributed by atoms with E-state index in [4.69, 9.17) is 11.5 Å². The Morgan fingerprint density at radius 1 is 1.27 bits per heavy atom. The maximum absolute atomic E-state index is 5.66. The molecule has 1 aromatic heterocycles. The highest BCUT2D eigenvalue weighted by Crippen LogP contribution is 2.18. The van der Waals surface area contributed by atoms with Gasteiger partial charge in [0, 0.05) is 17.4 Å². The fourth-order valence-corrected chi connectivity index (χ4v) is 0.766. The van der Waals surface area contributed by atoms with Crippen LogP contribution >= 0.6 is 0 Å². The van der Waals surface area contributed by atoms with Gasteiger partial charge in [-0.25, -0.2) is 4.98 Å². The molecule has 0 radical (unpaired) electrons. The van der Waals surface area contributed by atoms with Crippen molar-refractivity contribution in [2.24, 2.45) is 0 Å². The Bertz CT molecular complexity index is 230. The second-order valence-electron chi connectivity index (χ2n) is 2.37. The lowest BCUT2D eigenvalue weighted by molar-refractivity contribution is 1.24. The molecule has 0 aliphatic heterocycles. The van der Waals surface area contributed by atoms with Crippen molar-refractivity contribution in [1.82, 2.24) is 11.1 Å². The summed E-state index contributed by atoms with van der Waals surface area (Å²) >= 11 is 0. The minimum absolute atomic E-state index is 0. The molecule has 11 heavy (non-hydrogen) atoms. The summed E-state index contributed by atoms with van der Waals surface area (Å²) in [6.07, 6.45) is 1.68. The molecule has 0 bridgehead atoms. The SMILES string of the molecule is Cc1cnc(N)c(C)c1N.N. The summed E-state index contributed by atoms with van der Waals surface area (Å²) in [4.78, 5) is 3.94. The van der Waals surface area contributed by atoms with E-state index in [1.807, 2.05) is 13.8 Å². The normalized spacial score (nSPS) is 8.91. The molecular weight excluding hydrogens is 140 g/mol. The molecule has 0 fully saturated rings. The average Bonchev–Trinajstić information content (AvgIpc) is 1.93. The van der Waals surface area contributed by atoms with E-state index in [2.05, 4.69) is 4.98 Å². The molecule has 0 aliphatic carbocycles. The molecule has 0 aliphatic rings. The number of hydrogen-bond donors (Lipinski definition) is 3. The van der Waals surface area contributed by atoms with Crippen molar-refractivity contribution in [3.8, 4) is 0 Å². The van der Waals surface area contributed by atoms with E-state index in [1.54, 1.807) is 6.20 Å². The van der Waals surface area contributed by atoms with Crippen LogP contribution in [-0.4, -0.2) is 4.98 Å². The third kappa shape index (κ3) is 1.59. The number of nitrogens with zero attached hydrogens (tertiary/aromatic N) is 1. The first-order valence-electron chi connectivity index (χ1n) is 3.10. The standard InChI is InChI=1S/C7H11N3.H3N/c1-4-3-10-7(9)5(2)6(4)8;/h3H,1-2H3,(H4,8,9,10);1H3. The first-order valence-corrected chi connectivity index (χ1v) is 3.10. The van der Waals surface area contributed by atoms with Crippen LogP contribution in [0.25, 0.3) is 0 Å². The zero-order chi connectivity index (χ0) is 7.72. The van der Waals surface area contributed by atoms with Crippen molar-refractivity contribution in [3.63, 3.8) is 0 Å². The highest BCUT2D eigenvalue weighted by molar-refractivity contribution is 5.59. The lowest BCUT2D eigenvalue weighted by atomic mass is 10.2. The largest absolute Gasteiger partial charge is 0.398 e. The van der Waals surface area contributed by atoms with Gasteiger partial charge in [0.05, 0.1) is 0 Å². The Hall–Kier alpha value is -1.29. The smallest absolute Gasteiger partial charge is 0.128 e. The number of pyridine rings is 1. The number of hydrogen-bond acceptors (Lipinski definition) is 4. The summed E-state index contributed by atoms with van der Waals surface area (Å²) in [5, 5.41) is 0. The molecule has 0 atom stereocenters. The summed E-state index contributed by atoms with van der Waals surface area (Å²) in [5.41, 5.74) is 13.8. The van der Waals surface area contributed by atoms with E-state index in [9.17, 15) is 0 Å². The van der Waals surface area contributed by atoms with Gasteiger partial charge in [0.25, 0.3) is 0 Å². The van der Waals surface area contributed by atoms with Gasteiger partial charge in [-0.3, -0.25) is 0 Å². The Morgan fingerprint density at radius 3 is 2.27 bits per heavy atom. The Labute approximate surface area is 66.2 Å². The first-order chi connectivity index (χ1) is 4.63. The van der Waals surface area contributed by atoms with Crippen LogP contribution in [0.15, 0.2) is 6.20 Å². The summed E-state index contributed by atoms with van der Waals surface area (Å²) < 4.78 is 0. The zero-order valence-corrected chi connectivity index (χ0v) is 6.89. The maximum Gasteiger partial charge on any atom is 0.128 e. The van der Waals surface area contributed by atoms with Crippen molar-refractivity contribution in [1.29, 1.82) is 0 Å².